The van der Waals surface area contributed by atoms with Crippen LogP contribution in [0.3, 0.4) is 0 Å². The highest BCUT2D eigenvalue weighted by atomic mass is 35.5. The van der Waals surface area contributed by atoms with Crippen molar-refractivity contribution in [2.24, 2.45) is 0 Å². The van der Waals surface area contributed by atoms with Gasteiger partial charge in [-0.25, -0.2) is 4.79 Å². The van der Waals surface area contributed by atoms with E-state index in [0.717, 1.165) is 16.7 Å². The number of benzene rings is 2. The minimum atomic E-state index is -1.00. The number of halogens is 1. The van der Waals surface area contributed by atoms with E-state index in [4.69, 9.17) is 21.8 Å². The summed E-state index contributed by atoms with van der Waals surface area (Å²) in [6.07, 6.45) is 0.535. The molecule has 0 aliphatic heterocycles. The SMILES string of the molecule is O=C(O)c1ccc(-c2ccccc2CCO)c(Cl)c1. The molecule has 0 saturated heterocycles. The van der Waals surface area contributed by atoms with Gasteiger partial charge < -0.3 is 10.2 Å². The fraction of sp³-hybridized carbons (Fsp3) is 0.133. The second-order valence-corrected chi connectivity index (χ2v) is 4.54. The van der Waals surface area contributed by atoms with E-state index in [9.17, 15) is 4.79 Å². The summed E-state index contributed by atoms with van der Waals surface area (Å²) in [7, 11) is 0. The van der Waals surface area contributed by atoms with Crippen molar-refractivity contribution < 1.29 is 15.0 Å². The van der Waals surface area contributed by atoms with Gasteiger partial charge in [0.05, 0.1) is 5.56 Å². The summed E-state index contributed by atoms with van der Waals surface area (Å²) in [5.41, 5.74) is 2.83. The van der Waals surface area contributed by atoms with E-state index < -0.39 is 5.97 Å². The Morgan fingerprint density at radius 2 is 1.84 bits per heavy atom. The molecule has 2 aromatic carbocycles. The summed E-state index contributed by atoms with van der Waals surface area (Å²) in [5.74, 6) is -1.00. The molecule has 98 valence electrons. The first-order chi connectivity index (χ1) is 9.13. The first kappa shape index (κ1) is 13.6. The molecule has 0 saturated carbocycles. The first-order valence-electron chi connectivity index (χ1n) is 5.85. The van der Waals surface area contributed by atoms with Gasteiger partial charge in [0.1, 0.15) is 0 Å². The largest absolute Gasteiger partial charge is 0.478 e. The molecule has 0 fully saturated rings. The molecule has 0 radical (unpaired) electrons. The van der Waals surface area contributed by atoms with E-state index in [1.165, 1.54) is 12.1 Å². The molecule has 2 aromatic rings. The summed E-state index contributed by atoms with van der Waals surface area (Å²) in [6, 6.07) is 12.3. The zero-order chi connectivity index (χ0) is 13.8. The maximum atomic E-state index is 10.9. The number of rotatable bonds is 4. The predicted molar refractivity (Wildman–Crippen MR) is 74.6 cm³/mol. The van der Waals surface area contributed by atoms with E-state index in [2.05, 4.69) is 0 Å². The van der Waals surface area contributed by atoms with Crippen molar-refractivity contribution in [2.45, 2.75) is 6.42 Å². The van der Waals surface area contributed by atoms with E-state index >= 15 is 0 Å². The van der Waals surface area contributed by atoms with Crippen molar-refractivity contribution in [1.82, 2.24) is 0 Å². The van der Waals surface area contributed by atoms with Crippen molar-refractivity contribution in [3.63, 3.8) is 0 Å². The van der Waals surface area contributed by atoms with Crippen LogP contribution in [0.15, 0.2) is 42.5 Å². The van der Waals surface area contributed by atoms with E-state index in [1.807, 2.05) is 24.3 Å². The fourth-order valence-corrected chi connectivity index (χ4v) is 2.27. The Balaban J connectivity index is 2.50. The van der Waals surface area contributed by atoms with Gasteiger partial charge in [0.2, 0.25) is 0 Å². The maximum Gasteiger partial charge on any atom is 0.335 e. The normalized spacial score (nSPS) is 10.4. The lowest BCUT2D eigenvalue weighted by atomic mass is 9.97. The Kier molecular flexibility index (Phi) is 4.20. The molecule has 4 heteroatoms. The number of hydrogen-bond acceptors (Lipinski definition) is 2. The Labute approximate surface area is 116 Å². The molecule has 0 unspecified atom stereocenters. The van der Waals surface area contributed by atoms with E-state index in [1.54, 1.807) is 6.07 Å². The van der Waals surface area contributed by atoms with Gasteiger partial charge in [0, 0.05) is 17.2 Å². The van der Waals surface area contributed by atoms with Crippen LogP contribution in [0.5, 0.6) is 0 Å². The molecular formula is C15H13ClO3. The summed E-state index contributed by atoms with van der Waals surface area (Å²) < 4.78 is 0. The lowest BCUT2D eigenvalue weighted by Gasteiger charge is -2.10. The topological polar surface area (TPSA) is 57.5 Å². The zero-order valence-corrected chi connectivity index (χ0v) is 10.9. The molecular weight excluding hydrogens is 264 g/mol. The molecule has 0 amide bonds. The molecule has 0 spiro atoms. The zero-order valence-electron chi connectivity index (χ0n) is 10.1. The number of hydrogen-bond donors (Lipinski definition) is 2. The number of carbonyl (C=O) groups is 1. The second kappa shape index (κ2) is 5.87. The molecule has 19 heavy (non-hydrogen) atoms. The molecule has 0 heterocycles. The van der Waals surface area contributed by atoms with Crippen molar-refractivity contribution >= 4 is 17.6 Å². The predicted octanol–water partition coefficient (Wildman–Crippen LogP) is 3.24. The van der Waals surface area contributed by atoms with Crippen LogP contribution in [0, 0.1) is 0 Å². The Hall–Kier alpha value is -1.84. The van der Waals surface area contributed by atoms with Gasteiger partial charge in [-0.3, -0.25) is 0 Å². The molecule has 2 rings (SSSR count). The maximum absolute atomic E-state index is 10.9. The second-order valence-electron chi connectivity index (χ2n) is 4.13. The fourth-order valence-electron chi connectivity index (χ4n) is 1.99. The van der Waals surface area contributed by atoms with Crippen LogP contribution < -0.4 is 0 Å². The summed E-state index contributed by atoms with van der Waals surface area (Å²) in [6.45, 7) is 0.0574. The molecule has 0 bridgehead atoms. The lowest BCUT2D eigenvalue weighted by molar-refractivity contribution is 0.0697. The highest BCUT2D eigenvalue weighted by Gasteiger charge is 2.11. The van der Waals surface area contributed by atoms with Crippen LogP contribution in [-0.4, -0.2) is 22.8 Å². The van der Waals surface area contributed by atoms with Crippen molar-refractivity contribution in [1.29, 1.82) is 0 Å². The third kappa shape index (κ3) is 2.95. The smallest absolute Gasteiger partial charge is 0.335 e. The van der Waals surface area contributed by atoms with Gasteiger partial charge in [0.25, 0.3) is 0 Å². The minimum Gasteiger partial charge on any atom is -0.478 e. The lowest BCUT2D eigenvalue weighted by Crippen LogP contribution is -1.98. The molecule has 0 atom stereocenters. The first-order valence-corrected chi connectivity index (χ1v) is 6.23. The molecule has 0 aliphatic carbocycles. The standard InChI is InChI=1S/C15H13ClO3/c16-14-9-11(15(18)19)5-6-13(14)12-4-2-1-3-10(12)7-8-17/h1-6,9,17H,7-8H2,(H,18,19). The van der Waals surface area contributed by atoms with Crippen LogP contribution in [0.4, 0.5) is 0 Å². The van der Waals surface area contributed by atoms with Crippen LogP contribution in [0.1, 0.15) is 15.9 Å². The third-order valence-corrected chi connectivity index (χ3v) is 3.22. The van der Waals surface area contributed by atoms with Gasteiger partial charge in [-0.1, -0.05) is 41.9 Å². The summed E-state index contributed by atoms with van der Waals surface area (Å²) in [5, 5.41) is 18.4. The number of aliphatic hydroxyl groups is 1. The van der Waals surface area contributed by atoms with Crippen molar-refractivity contribution in [2.75, 3.05) is 6.61 Å². The molecule has 0 aliphatic rings. The van der Waals surface area contributed by atoms with Gasteiger partial charge in [-0.2, -0.15) is 0 Å². The van der Waals surface area contributed by atoms with Gasteiger partial charge >= 0.3 is 5.97 Å². The van der Waals surface area contributed by atoms with Crippen molar-refractivity contribution in [3.05, 3.63) is 58.6 Å². The Morgan fingerprint density at radius 3 is 2.47 bits per heavy atom. The van der Waals surface area contributed by atoms with Crippen LogP contribution in [0.25, 0.3) is 11.1 Å². The van der Waals surface area contributed by atoms with Gasteiger partial charge in [-0.15, -0.1) is 0 Å². The van der Waals surface area contributed by atoms with E-state index in [-0.39, 0.29) is 12.2 Å². The average Bonchev–Trinajstić information content (AvgIpc) is 2.40. The van der Waals surface area contributed by atoms with Gasteiger partial charge in [-0.05, 0) is 29.7 Å². The number of aliphatic hydroxyl groups excluding tert-OH is 1. The number of carboxylic acid groups (broad SMARTS) is 1. The van der Waals surface area contributed by atoms with E-state index in [0.29, 0.717) is 11.4 Å². The minimum absolute atomic E-state index is 0.0574. The molecule has 0 aromatic heterocycles. The average molecular weight is 277 g/mol. The van der Waals surface area contributed by atoms with Crippen LogP contribution in [-0.2, 0) is 6.42 Å². The highest BCUT2D eigenvalue weighted by Crippen LogP contribution is 2.31. The number of aromatic carboxylic acids is 1. The quantitative estimate of drug-likeness (QED) is 0.901. The Morgan fingerprint density at radius 1 is 1.11 bits per heavy atom. The molecule has 2 N–H and O–H groups in total. The summed E-state index contributed by atoms with van der Waals surface area (Å²) in [4.78, 5) is 10.9. The van der Waals surface area contributed by atoms with Crippen LogP contribution in [0.2, 0.25) is 5.02 Å². The van der Waals surface area contributed by atoms with Crippen molar-refractivity contribution in [3.8, 4) is 11.1 Å². The summed E-state index contributed by atoms with van der Waals surface area (Å²) >= 11 is 6.15. The number of carboxylic acids is 1. The highest BCUT2D eigenvalue weighted by molar-refractivity contribution is 6.33. The Bertz CT molecular complexity index is 608. The molecule has 3 nitrogen and oxygen atoms in total. The third-order valence-electron chi connectivity index (χ3n) is 2.90. The van der Waals surface area contributed by atoms with Gasteiger partial charge in [0.15, 0.2) is 0 Å². The van der Waals surface area contributed by atoms with Crippen LogP contribution >= 0.6 is 11.6 Å². The monoisotopic (exact) mass is 276 g/mol.